The molecule has 1 amide bonds. The first-order chi connectivity index (χ1) is 9.16. The van der Waals surface area contributed by atoms with E-state index in [0.29, 0.717) is 6.42 Å². The highest BCUT2D eigenvalue weighted by Gasteiger charge is 2.22. The van der Waals surface area contributed by atoms with Crippen LogP contribution in [0.2, 0.25) is 0 Å². The van der Waals surface area contributed by atoms with Gasteiger partial charge in [0.15, 0.2) is 0 Å². The molecular weight excluding hydrogens is 263 g/mol. The van der Waals surface area contributed by atoms with Crippen LogP contribution in [0.1, 0.15) is 13.3 Å². The molecule has 1 N–H and O–H groups in total. The van der Waals surface area contributed by atoms with Gasteiger partial charge in [-0.05, 0) is 31.2 Å². The number of benzene rings is 1. The van der Waals surface area contributed by atoms with Crippen molar-refractivity contribution in [3.8, 4) is 0 Å². The number of amides is 1. The Morgan fingerprint density at radius 2 is 2.21 bits per heavy atom. The normalized spacial score (nSPS) is 19.5. The molecule has 2 rings (SSSR count). The highest BCUT2D eigenvalue weighted by atomic mass is 32.2. The molecule has 1 atom stereocenters. The van der Waals surface area contributed by atoms with Gasteiger partial charge in [-0.25, -0.2) is 4.39 Å². The Balaban J connectivity index is 1.75. The summed E-state index contributed by atoms with van der Waals surface area (Å²) in [5.74, 6) is 0.722. The SMILES string of the molecule is CC1CNCCN1C(=O)CCSc1ccc(F)cc1. The maximum absolute atomic E-state index is 12.7. The van der Waals surface area contributed by atoms with Gasteiger partial charge in [-0.2, -0.15) is 0 Å². The van der Waals surface area contributed by atoms with Crippen LogP contribution < -0.4 is 5.32 Å². The quantitative estimate of drug-likeness (QED) is 0.859. The van der Waals surface area contributed by atoms with Crippen molar-refractivity contribution in [1.29, 1.82) is 0 Å². The van der Waals surface area contributed by atoms with Crippen molar-refractivity contribution in [3.63, 3.8) is 0 Å². The maximum atomic E-state index is 12.7. The van der Waals surface area contributed by atoms with Crippen LogP contribution in [0.25, 0.3) is 0 Å². The van der Waals surface area contributed by atoms with Gasteiger partial charge < -0.3 is 10.2 Å². The summed E-state index contributed by atoms with van der Waals surface area (Å²) in [6.07, 6.45) is 0.534. The Labute approximate surface area is 117 Å². The predicted molar refractivity (Wildman–Crippen MR) is 75.8 cm³/mol. The Bertz CT molecular complexity index is 424. The van der Waals surface area contributed by atoms with Crippen molar-refractivity contribution in [1.82, 2.24) is 10.2 Å². The fourth-order valence-electron chi connectivity index (χ4n) is 2.14. The molecule has 1 aliphatic rings. The lowest BCUT2D eigenvalue weighted by atomic mass is 10.2. The number of carbonyl (C=O) groups is 1. The van der Waals surface area contributed by atoms with Gasteiger partial charge in [0.2, 0.25) is 5.91 Å². The number of piperazine rings is 1. The molecule has 1 heterocycles. The van der Waals surface area contributed by atoms with Crippen LogP contribution in [0.4, 0.5) is 4.39 Å². The summed E-state index contributed by atoms with van der Waals surface area (Å²) in [5.41, 5.74) is 0. The molecule has 1 unspecified atom stereocenters. The zero-order valence-corrected chi connectivity index (χ0v) is 11.9. The van der Waals surface area contributed by atoms with E-state index >= 15 is 0 Å². The number of nitrogens with one attached hydrogen (secondary N) is 1. The first kappa shape index (κ1) is 14.3. The highest BCUT2D eigenvalue weighted by Crippen LogP contribution is 2.19. The fourth-order valence-corrected chi connectivity index (χ4v) is 2.98. The molecule has 1 aromatic rings. The number of thioether (sulfide) groups is 1. The minimum atomic E-state index is -0.227. The molecule has 0 bridgehead atoms. The molecule has 0 radical (unpaired) electrons. The second-order valence-electron chi connectivity index (χ2n) is 4.69. The van der Waals surface area contributed by atoms with Gasteiger partial charge in [0.25, 0.3) is 0 Å². The molecule has 1 saturated heterocycles. The van der Waals surface area contributed by atoms with E-state index in [1.807, 2.05) is 4.90 Å². The number of nitrogens with zero attached hydrogens (tertiary/aromatic N) is 1. The van der Waals surface area contributed by atoms with Crippen molar-refractivity contribution in [3.05, 3.63) is 30.1 Å². The van der Waals surface area contributed by atoms with Crippen LogP contribution in [-0.4, -0.2) is 42.2 Å². The predicted octanol–water partition coefficient (Wildman–Crippen LogP) is 2.13. The number of carbonyl (C=O) groups excluding carboxylic acids is 1. The summed E-state index contributed by atoms with van der Waals surface area (Å²) in [6.45, 7) is 4.61. The summed E-state index contributed by atoms with van der Waals surface area (Å²) in [6, 6.07) is 6.66. The van der Waals surface area contributed by atoms with Crippen molar-refractivity contribution in [2.45, 2.75) is 24.3 Å². The summed E-state index contributed by atoms with van der Waals surface area (Å²) in [4.78, 5) is 15.0. The number of rotatable bonds is 4. The molecule has 0 aliphatic carbocycles. The van der Waals surface area contributed by atoms with Gasteiger partial charge in [-0.1, -0.05) is 0 Å². The maximum Gasteiger partial charge on any atom is 0.223 e. The number of hydrogen-bond acceptors (Lipinski definition) is 3. The monoisotopic (exact) mass is 282 g/mol. The molecule has 1 aromatic carbocycles. The summed E-state index contributed by atoms with van der Waals surface area (Å²) < 4.78 is 12.7. The average molecular weight is 282 g/mol. The van der Waals surface area contributed by atoms with Crippen LogP contribution in [0.5, 0.6) is 0 Å². The molecule has 0 spiro atoms. The van der Waals surface area contributed by atoms with E-state index < -0.39 is 0 Å². The van der Waals surface area contributed by atoms with Gasteiger partial charge in [-0.3, -0.25) is 4.79 Å². The van der Waals surface area contributed by atoms with Gasteiger partial charge >= 0.3 is 0 Å². The van der Waals surface area contributed by atoms with E-state index in [4.69, 9.17) is 0 Å². The second-order valence-corrected chi connectivity index (χ2v) is 5.86. The van der Waals surface area contributed by atoms with E-state index in [2.05, 4.69) is 12.2 Å². The minimum absolute atomic E-state index is 0.212. The van der Waals surface area contributed by atoms with Crippen LogP contribution in [0.3, 0.4) is 0 Å². The molecule has 104 valence electrons. The summed E-state index contributed by atoms with van der Waals surface area (Å²) >= 11 is 1.59. The lowest BCUT2D eigenvalue weighted by molar-refractivity contribution is -0.133. The summed E-state index contributed by atoms with van der Waals surface area (Å²) in [5, 5.41) is 3.27. The van der Waals surface area contributed by atoms with E-state index in [0.717, 1.165) is 30.3 Å². The van der Waals surface area contributed by atoms with Crippen molar-refractivity contribution in [2.75, 3.05) is 25.4 Å². The zero-order valence-electron chi connectivity index (χ0n) is 11.1. The molecular formula is C14H19FN2OS. The van der Waals surface area contributed by atoms with Gasteiger partial charge in [0, 0.05) is 42.7 Å². The Kier molecular flexibility index (Phi) is 5.22. The first-order valence-electron chi connectivity index (χ1n) is 6.55. The van der Waals surface area contributed by atoms with E-state index in [9.17, 15) is 9.18 Å². The molecule has 3 nitrogen and oxygen atoms in total. The highest BCUT2D eigenvalue weighted by molar-refractivity contribution is 7.99. The molecule has 1 fully saturated rings. The lowest BCUT2D eigenvalue weighted by Crippen LogP contribution is -2.52. The second kappa shape index (κ2) is 6.91. The third-order valence-electron chi connectivity index (χ3n) is 3.22. The van der Waals surface area contributed by atoms with Crippen molar-refractivity contribution >= 4 is 17.7 Å². The molecule has 5 heteroatoms. The van der Waals surface area contributed by atoms with Crippen molar-refractivity contribution in [2.24, 2.45) is 0 Å². The molecule has 1 aliphatic heterocycles. The third-order valence-corrected chi connectivity index (χ3v) is 4.23. The topological polar surface area (TPSA) is 32.3 Å². The zero-order chi connectivity index (χ0) is 13.7. The van der Waals surface area contributed by atoms with Gasteiger partial charge in [0.1, 0.15) is 5.82 Å². The number of hydrogen-bond donors (Lipinski definition) is 1. The average Bonchev–Trinajstić information content (AvgIpc) is 2.41. The molecule has 0 aromatic heterocycles. The Morgan fingerprint density at radius 3 is 2.89 bits per heavy atom. The van der Waals surface area contributed by atoms with Crippen LogP contribution in [0.15, 0.2) is 29.2 Å². The largest absolute Gasteiger partial charge is 0.337 e. The summed E-state index contributed by atoms with van der Waals surface area (Å²) in [7, 11) is 0. The van der Waals surface area contributed by atoms with E-state index in [1.165, 1.54) is 12.1 Å². The van der Waals surface area contributed by atoms with Gasteiger partial charge in [-0.15, -0.1) is 11.8 Å². The molecule has 19 heavy (non-hydrogen) atoms. The number of halogens is 1. The first-order valence-corrected chi connectivity index (χ1v) is 7.54. The Hall–Kier alpha value is -1.07. The smallest absolute Gasteiger partial charge is 0.223 e. The van der Waals surface area contributed by atoms with Crippen LogP contribution in [-0.2, 0) is 4.79 Å². The van der Waals surface area contributed by atoms with E-state index in [-0.39, 0.29) is 17.8 Å². The molecule has 0 saturated carbocycles. The van der Waals surface area contributed by atoms with Crippen molar-refractivity contribution < 1.29 is 9.18 Å². The minimum Gasteiger partial charge on any atom is -0.337 e. The standard InChI is InChI=1S/C14H19FN2OS/c1-11-10-16-7-8-17(11)14(18)6-9-19-13-4-2-12(15)3-5-13/h2-5,11,16H,6-10H2,1H3. The third kappa shape index (κ3) is 4.21. The fraction of sp³-hybridized carbons (Fsp3) is 0.500. The Morgan fingerprint density at radius 1 is 1.47 bits per heavy atom. The lowest BCUT2D eigenvalue weighted by Gasteiger charge is -2.34. The van der Waals surface area contributed by atoms with Crippen LogP contribution in [0, 0.1) is 5.82 Å². The van der Waals surface area contributed by atoms with Crippen LogP contribution >= 0.6 is 11.8 Å². The van der Waals surface area contributed by atoms with E-state index in [1.54, 1.807) is 23.9 Å². The van der Waals surface area contributed by atoms with Gasteiger partial charge in [0.05, 0.1) is 0 Å².